The van der Waals surface area contributed by atoms with Crippen LogP contribution in [0.5, 0.6) is 0 Å². The molecule has 0 aromatic carbocycles. The van der Waals surface area contributed by atoms with Crippen molar-refractivity contribution >= 4 is 19.3 Å². The molecule has 0 unspecified atom stereocenters. The topological polar surface area (TPSA) is 171 Å². The van der Waals surface area contributed by atoms with Gasteiger partial charge in [0.05, 0.1) is 0 Å². The summed E-state index contributed by atoms with van der Waals surface area (Å²) in [7, 11) is 0.723. The van der Waals surface area contributed by atoms with Gasteiger partial charge >= 0.3 is 103 Å². The molecule has 4 atom stereocenters. The van der Waals surface area contributed by atoms with E-state index in [4.69, 9.17) is 15.3 Å². The van der Waals surface area contributed by atoms with Crippen LogP contribution in [-0.4, -0.2) is 83.0 Å². The molecule has 10 nitrogen and oxygen atoms in total. The Morgan fingerprint density at radius 2 is 1.67 bits per heavy atom. The van der Waals surface area contributed by atoms with E-state index < -0.39 is 50.4 Å². The second kappa shape index (κ2) is 7.07. The molecule has 0 rings (SSSR count). The first-order valence-electron chi connectivity index (χ1n) is 4.53. The first kappa shape index (κ1) is 17.3. The zero-order valence-corrected chi connectivity index (χ0v) is 10.9. The van der Waals surface area contributed by atoms with Crippen molar-refractivity contribution in [2.75, 3.05) is 13.7 Å². The third kappa shape index (κ3) is 4.92. The van der Waals surface area contributed by atoms with Gasteiger partial charge in [-0.2, -0.15) is 0 Å². The fourth-order valence-corrected chi connectivity index (χ4v) is 1.62. The van der Waals surface area contributed by atoms with Crippen molar-refractivity contribution in [1.82, 2.24) is 0 Å². The predicted octanol–water partition coefficient (Wildman–Crippen LogP) is -4.09. The van der Waals surface area contributed by atoms with Gasteiger partial charge in [0.2, 0.25) is 0 Å². The maximum atomic E-state index is 11.0. The summed E-state index contributed by atoms with van der Waals surface area (Å²) in [5.74, 6) is -1.78. The summed E-state index contributed by atoms with van der Waals surface area (Å²) in [6.45, 7) is -0.943. The van der Waals surface area contributed by atoms with Crippen LogP contribution in [0.3, 0.4) is 0 Å². The first-order chi connectivity index (χ1) is 8.16. The van der Waals surface area contributed by atoms with Crippen molar-refractivity contribution < 1.29 is 45.6 Å². The van der Waals surface area contributed by atoms with Crippen molar-refractivity contribution in [3.63, 3.8) is 0 Å². The molecule has 0 aliphatic rings. The van der Waals surface area contributed by atoms with E-state index in [1.807, 2.05) is 0 Å². The standard InChI is InChI=1S/C7H14O10Se/c1-16-18(14,15)17-7(13)6(12)5(11)4(10)3(9)2-8/h3-6,8-12H,2H2,1H3/t3-,4-,5+,6-/m1/s1. The van der Waals surface area contributed by atoms with Crippen molar-refractivity contribution in [3.8, 4) is 0 Å². The fraction of sp³-hybridized carbons (Fsp3) is 0.857. The van der Waals surface area contributed by atoms with E-state index in [2.05, 4.69) is 7.64 Å². The first-order valence-corrected chi connectivity index (χ1v) is 7.33. The van der Waals surface area contributed by atoms with Crippen LogP contribution in [0.4, 0.5) is 0 Å². The van der Waals surface area contributed by atoms with Gasteiger partial charge in [0.15, 0.2) is 0 Å². The Labute approximate surface area is 104 Å². The number of hydrogen-bond donors (Lipinski definition) is 5. The molecule has 0 fully saturated rings. The summed E-state index contributed by atoms with van der Waals surface area (Å²) in [4.78, 5) is 11.0. The van der Waals surface area contributed by atoms with Gasteiger partial charge in [0.1, 0.15) is 0 Å². The number of aliphatic hydroxyl groups excluding tert-OH is 5. The van der Waals surface area contributed by atoms with Crippen LogP contribution in [0.15, 0.2) is 0 Å². The molecule has 0 heterocycles. The van der Waals surface area contributed by atoms with Crippen molar-refractivity contribution in [3.05, 3.63) is 0 Å². The van der Waals surface area contributed by atoms with Gasteiger partial charge in [0.25, 0.3) is 0 Å². The van der Waals surface area contributed by atoms with E-state index in [0.29, 0.717) is 0 Å². The van der Waals surface area contributed by atoms with Crippen LogP contribution in [0.25, 0.3) is 0 Å². The Balaban J connectivity index is 4.65. The monoisotopic (exact) mass is 338 g/mol. The molecule has 5 N–H and O–H groups in total. The number of carbonyl (C=O) groups is 1. The van der Waals surface area contributed by atoms with Gasteiger partial charge in [-0.15, -0.1) is 0 Å². The zero-order valence-electron chi connectivity index (χ0n) is 9.20. The van der Waals surface area contributed by atoms with Crippen LogP contribution in [0, 0.1) is 0 Å². The third-order valence-corrected chi connectivity index (χ3v) is 3.51. The molecular weight excluding hydrogens is 323 g/mol. The molecule has 18 heavy (non-hydrogen) atoms. The SMILES string of the molecule is CO[Se](=O)(=O)OC(=O)[C@H](O)[C@@H](O)[C@H](O)[C@H](O)CO. The second-order valence-electron chi connectivity index (χ2n) is 3.15. The van der Waals surface area contributed by atoms with E-state index in [-0.39, 0.29) is 0 Å². The number of hydrogen-bond acceptors (Lipinski definition) is 10. The second-order valence-corrected chi connectivity index (χ2v) is 5.92. The Hall–Kier alpha value is -0.651. The molecule has 0 aromatic heterocycles. The van der Waals surface area contributed by atoms with Crippen LogP contribution < -0.4 is 0 Å². The average molecular weight is 337 g/mol. The van der Waals surface area contributed by atoms with Gasteiger partial charge in [-0.25, -0.2) is 0 Å². The summed E-state index contributed by atoms with van der Waals surface area (Å²) < 4.78 is 29.1. The fourth-order valence-electron chi connectivity index (χ4n) is 0.846. The molecule has 0 amide bonds. The quantitative estimate of drug-likeness (QED) is 0.288. The summed E-state index contributed by atoms with van der Waals surface area (Å²) >= 11 is -5.41. The summed E-state index contributed by atoms with van der Waals surface area (Å²) in [5, 5.41) is 45.0. The van der Waals surface area contributed by atoms with E-state index in [9.17, 15) is 22.7 Å². The molecule has 0 saturated carbocycles. The number of rotatable bonds is 7. The maximum absolute atomic E-state index is 11.0. The summed E-state index contributed by atoms with van der Waals surface area (Å²) in [5.41, 5.74) is 0. The molecule has 0 saturated heterocycles. The minimum absolute atomic E-state index is 0.723. The van der Waals surface area contributed by atoms with E-state index in [1.54, 1.807) is 0 Å². The summed E-state index contributed by atoms with van der Waals surface area (Å²) in [6.07, 6.45) is -8.58. The van der Waals surface area contributed by atoms with Gasteiger partial charge in [-0.1, -0.05) is 0 Å². The molecule has 0 bridgehead atoms. The van der Waals surface area contributed by atoms with Gasteiger partial charge in [-0.3, -0.25) is 0 Å². The van der Waals surface area contributed by atoms with Crippen LogP contribution in [-0.2, 0) is 20.1 Å². The molecule has 0 aliphatic carbocycles. The van der Waals surface area contributed by atoms with E-state index in [1.165, 1.54) is 0 Å². The third-order valence-electron chi connectivity index (χ3n) is 1.88. The van der Waals surface area contributed by atoms with Crippen molar-refractivity contribution in [2.45, 2.75) is 24.4 Å². The minimum atomic E-state index is -5.41. The Bertz CT molecular complexity index is 364. The molecule has 0 aliphatic heterocycles. The Kier molecular flexibility index (Phi) is 6.81. The molecule has 11 heteroatoms. The van der Waals surface area contributed by atoms with E-state index >= 15 is 0 Å². The predicted molar refractivity (Wildman–Crippen MR) is 51.3 cm³/mol. The summed E-state index contributed by atoms with van der Waals surface area (Å²) in [6, 6.07) is 0. The Morgan fingerprint density at radius 1 is 1.17 bits per heavy atom. The Morgan fingerprint density at radius 3 is 2.06 bits per heavy atom. The van der Waals surface area contributed by atoms with Crippen LogP contribution in [0.1, 0.15) is 0 Å². The van der Waals surface area contributed by atoms with Crippen molar-refractivity contribution in [1.29, 1.82) is 0 Å². The zero-order chi connectivity index (χ0) is 14.5. The number of aliphatic hydroxyl groups is 5. The number of carbonyl (C=O) groups excluding carboxylic acids is 1. The normalized spacial score (nSPS) is 18.8. The van der Waals surface area contributed by atoms with E-state index in [0.717, 1.165) is 7.11 Å². The van der Waals surface area contributed by atoms with Crippen LogP contribution >= 0.6 is 0 Å². The van der Waals surface area contributed by atoms with Crippen LogP contribution in [0.2, 0.25) is 0 Å². The van der Waals surface area contributed by atoms with Crippen molar-refractivity contribution in [2.24, 2.45) is 0 Å². The van der Waals surface area contributed by atoms with Gasteiger partial charge < -0.3 is 0 Å². The average Bonchev–Trinajstić information content (AvgIpc) is 2.34. The molecule has 0 spiro atoms. The molecule has 0 aromatic rings. The molecule has 108 valence electrons. The van der Waals surface area contributed by atoms with Gasteiger partial charge in [-0.05, 0) is 0 Å². The molecule has 0 radical (unpaired) electrons. The molecular formula is C7H14O10Se. The van der Waals surface area contributed by atoms with Gasteiger partial charge in [0, 0.05) is 0 Å².